The largest absolute Gasteiger partial charge is 0.496 e. The Labute approximate surface area is 102 Å². The summed E-state index contributed by atoms with van der Waals surface area (Å²) in [5.74, 6) is 0.283. The SMILES string of the molecule is CCCNC(COC)c1c(F)cccc1OC. The average molecular weight is 241 g/mol. The molecule has 0 aromatic heterocycles. The van der Waals surface area contributed by atoms with Gasteiger partial charge >= 0.3 is 0 Å². The first kappa shape index (κ1) is 13.9. The summed E-state index contributed by atoms with van der Waals surface area (Å²) >= 11 is 0. The lowest BCUT2D eigenvalue weighted by molar-refractivity contribution is 0.164. The van der Waals surface area contributed by atoms with Gasteiger partial charge in [0.25, 0.3) is 0 Å². The third-order valence-corrected chi connectivity index (χ3v) is 2.56. The minimum absolute atomic E-state index is 0.184. The Balaban J connectivity index is 2.98. The Bertz CT molecular complexity index is 344. The molecular formula is C13H20FNO2. The van der Waals surface area contributed by atoms with Crippen molar-refractivity contribution in [3.05, 3.63) is 29.6 Å². The van der Waals surface area contributed by atoms with Crippen LogP contribution >= 0.6 is 0 Å². The van der Waals surface area contributed by atoms with E-state index in [1.54, 1.807) is 26.4 Å². The summed E-state index contributed by atoms with van der Waals surface area (Å²) in [5.41, 5.74) is 0.533. The smallest absolute Gasteiger partial charge is 0.131 e. The number of ether oxygens (including phenoxy) is 2. The van der Waals surface area contributed by atoms with E-state index in [1.165, 1.54) is 6.07 Å². The van der Waals surface area contributed by atoms with Crippen molar-refractivity contribution in [3.63, 3.8) is 0 Å². The topological polar surface area (TPSA) is 30.5 Å². The summed E-state index contributed by atoms with van der Waals surface area (Å²) in [4.78, 5) is 0. The summed E-state index contributed by atoms with van der Waals surface area (Å²) in [7, 11) is 3.15. The molecule has 4 heteroatoms. The summed E-state index contributed by atoms with van der Waals surface area (Å²) in [6.45, 7) is 3.29. The highest BCUT2D eigenvalue weighted by atomic mass is 19.1. The molecule has 3 nitrogen and oxygen atoms in total. The van der Waals surface area contributed by atoms with E-state index in [2.05, 4.69) is 12.2 Å². The van der Waals surface area contributed by atoms with E-state index < -0.39 is 0 Å². The van der Waals surface area contributed by atoms with Crippen LogP contribution in [0, 0.1) is 5.82 Å². The molecule has 0 bridgehead atoms. The zero-order valence-electron chi connectivity index (χ0n) is 10.6. The molecule has 0 amide bonds. The molecule has 1 atom stereocenters. The van der Waals surface area contributed by atoms with Crippen LogP contribution in [0.3, 0.4) is 0 Å². The molecular weight excluding hydrogens is 221 g/mol. The molecule has 17 heavy (non-hydrogen) atoms. The van der Waals surface area contributed by atoms with E-state index in [-0.39, 0.29) is 11.9 Å². The van der Waals surface area contributed by atoms with Gasteiger partial charge in [0.05, 0.1) is 19.8 Å². The van der Waals surface area contributed by atoms with Gasteiger partial charge in [-0.05, 0) is 25.1 Å². The molecule has 0 aliphatic rings. The van der Waals surface area contributed by atoms with Crippen LogP contribution in [0.25, 0.3) is 0 Å². The second-order valence-corrected chi connectivity index (χ2v) is 3.82. The molecule has 1 unspecified atom stereocenters. The number of hydrogen-bond donors (Lipinski definition) is 1. The third kappa shape index (κ3) is 3.68. The zero-order chi connectivity index (χ0) is 12.7. The summed E-state index contributed by atoms with van der Waals surface area (Å²) in [6, 6.07) is 4.65. The van der Waals surface area contributed by atoms with Crippen molar-refractivity contribution in [1.29, 1.82) is 0 Å². The normalized spacial score (nSPS) is 12.5. The van der Waals surface area contributed by atoms with Gasteiger partial charge in [0.15, 0.2) is 0 Å². The van der Waals surface area contributed by atoms with Crippen LogP contribution in [-0.4, -0.2) is 27.4 Å². The highest BCUT2D eigenvalue weighted by molar-refractivity contribution is 5.37. The number of methoxy groups -OCH3 is 2. The fraction of sp³-hybridized carbons (Fsp3) is 0.538. The van der Waals surface area contributed by atoms with E-state index in [4.69, 9.17) is 9.47 Å². The molecule has 96 valence electrons. The molecule has 0 saturated heterocycles. The van der Waals surface area contributed by atoms with E-state index in [9.17, 15) is 4.39 Å². The fourth-order valence-corrected chi connectivity index (χ4v) is 1.76. The fourth-order valence-electron chi connectivity index (χ4n) is 1.76. The number of benzene rings is 1. The summed E-state index contributed by atoms with van der Waals surface area (Å²) in [6.07, 6.45) is 0.983. The van der Waals surface area contributed by atoms with Crippen molar-refractivity contribution in [2.45, 2.75) is 19.4 Å². The number of rotatable bonds is 7. The van der Waals surface area contributed by atoms with E-state index >= 15 is 0 Å². The number of nitrogens with one attached hydrogen (secondary N) is 1. The maximum atomic E-state index is 13.9. The van der Waals surface area contributed by atoms with Gasteiger partial charge in [-0.25, -0.2) is 4.39 Å². The summed E-state index contributed by atoms with van der Waals surface area (Å²) < 4.78 is 24.2. The predicted molar refractivity (Wildman–Crippen MR) is 65.9 cm³/mol. The van der Waals surface area contributed by atoms with Gasteiger partial charge in [0.1, 0.15) is 11.6 Å². The maximum Gasteiger partial charge on any atom is 0.131 e. The minimum atomic E-state index is -0.269. The van der Waals surface area contributed by atoms with Gasteiger partial charge in [-0.15, -0.1) is 0 Å². The molecule has 0 radical (unpaired) electrons. The zero-order valence-corrected chi connectivity index (χ0v) is 10.6. The second-order valence-electron chi connectivity index (χ2n) is 3.82. The Morgan fingerprint density at radius 2 is 2.12 bits per heavy atom. The van der Waals surface area contributed by atoms with E-state index in [0.717, 1.165) is 13.0 Å². The van der Waals surface area contributed by atoms with Crippen LogP contribution in [0.15, 0.2) is 18.2 Å². The van der Waals surface area contributed by atoms with Crippen molar-refractivity contribution in [1.82, 2.24) is 5.32 Å². The lowest BCUT2D eigenvalue weighted by Crippen LogP contribution is -2.27. The first-order valence-electron chi connectivity index (χ1n) is 5.79. The lowest BCUT2D eigenvalue weighted by Gasteiger charge is -2.21. The lowest BCUT2D eigenvalue weighted by atomic mass is 10.1. The van der Waals surface area contributed by atoms with Crippen LogP contribution < -0.4 is 10.1 Å². The maximum absolute atomic E-state index is 13.9. The molecule has 0 fully saturated rings. The Morgan fingerprint density at radius 3 is 2.71 bits per heavy atom. The predicted octanol–water partition coefficient (Wildman–Crippen LogP) is 2.52. The van der Waals surface area contributed by atoms with Crippen LogP contribution in [-0.2, 0) is 4.74 Å². The van der Waals surface area contributed by atoms with Crippen LogP contribution in [0.4, 0.5) is 4.39 Å². The molecule has 1 rings (SSSR count). The first-order valence-corrected chi connectivity index (χ1v) is 5.79. The third-order valence-electron chi connectivity index (χ3n) is 2.56. The van der Waals surface area contributed by atoms with Gasteiger partial charge in [0.2, 0.25) is 0 Å². The highest BCUT2D eigenvalue weighted by Crippen LogP contribution is 2.28. The molecule has 0 spiro atoms. The van der Waals surface area contributed by atoms with Crippen molar-refractivity contribution in [2.75, 3.05) is 27.4 Å². The molecule has 0 aliphatic carbocycles. The van der Waals surface area contributed by atoms with Crippen LogP contribution in [0.5, 0.6) is 5.75 Å². The minimum Gasteiger partial charge on any atom is -0.496 e. The molecule has 0 saturated carbocycles. The number of halogens is 1. The van der Waals surface area contributed by atoms with Gasteiger partial charge in [0, 0.05) is 12.7 Å². The van der Waals surface area contributed by atoms with Gasteiger partial charge in [-0.2, -0.15) is 0 Å². The van der Waals surface area contributed by atoms with E-state index in [0.29, 0.717) is 17.9 Å². The van der Waals surface area contributed by atoms with Crippen LogP contribution in [0.2, 0.25) is 0 Å². The molecule has 1 N–H and O–H groups in total. The highest BCUT2D eigenvalue weighted by Gasteiger charge is 2.19. The van der Waals surface area contributed by atoms with Gasteiger partial charge in [-0.1, -0.05) is 13.0 Å². The Morgan fingerprint density at radius 1 is 1.35 bits per heavy atom. The van der Waals surface area contributed by atoms with Crippen LogP contribution in [0.1, 0.15) is 24.9 Å². The second kappa shape index (κ2) is 7.25. The Kier molecular flexibility index (Phi) is 5.94. The number of hydrogen-bond acceptors (Lipinski definition) is 3. The quantitative estimate of drug-likeness (QED) is 0.795. The van der Waals surface area contributed by atoms with Gasteiger partial charge in [-0.3, -0.25) is 0 Å². The van der Waals surface area contributed by atoms with Crippen molar-refractivity contribution in [2.24, 2.45) is 0 Å². The molecule has 0 heterocycles. The van der Waals surface area contributed by atoms with Crippen molar-refractivity contribution < 1.29 is 13.9 Å². The Hall–Kier alpha value is -1.13. The molecule has 1 aromatic carbocycles. The molecule has 1 aromatic rings. The van der Waals surface area contributed by atoms with Crippen molar-refractivity contribution >= 4 is 0 Å². The standard InChI is InChI=1S/C13H20FNO2/c1-4-8-15-11(9-16-2)13-10(14)6-5-7-12(13)17-3/h5-7,11,15H,4,8-9H2,1-3H3. The first-order chi connectivity index (χ1) is 8.24. The summed E-state index contributed by atoms with van der Waals surface area (Å²) in [5, 5.41) is 3.26. The van der Waals surface area contributed by atoms with Gasteiger partial charge < -0.3 is 14.8 Å². The monoisotopic (exact) mass is 241 g/mol. The van der Waals surface area contributed by atoms with E-state index in [1.807, 2.05) is 0 Å². The average Bonchev–Trinajstić information content (AvgIpc) is 2.34. The molecule has 0 aliphatic heterocycles. The van der Waals surface area contributed by atoms with Crippen molar-refractivity contribution in [3.8, 4) is 5.75 Å².